The van der Waals surface area contributed by atoms with Crippen LogP contribution in [0.1, 0.15) is 15.9 Å². The molecule has 2 aromatic rings. The molecule has 0 N–H and O–H groups in total. The normalized spacial score (nSPS) is 10.9. The van der Waals surface area contributed by atoms with Gasteiger partial charge in [-0.25, -0.2) is 0 Å². The predicted octanol–water partition coefficient (Wildman–Crippen LogP) is 4.79. The molecule has 0 radical (unpaired) electrons. The number of ether oxygens (including phenoxy) is 1. The molecule has 110 valence electrons. The predicted molar refractivity (Wildman–Crippen MR) is 87.4 cm³/mol. The van der Waals surface area contributed by atoms with E-state index >= 15 is 0 Å². The molecule has 0 aliphatic heterocycles. The Balaban J connectivity index is 2.41. The number of carbonyl (C=O) groups excluding carboxylic acids is 1. The third kappa shape index (κ3) is 3.48. The first kappa shape index (κ1) is 16.1. The largest absolute Gasteiger partial charge is 0.497 e. The second-order valence-corrected chi connectivity index (χ2v) is 5.18. The van der Waals surface area contributed by atoms with Crippen molar-refractivity contribution in [3.05, 3.63) is 69.2 Å². The number of hydrogen-bond acceptors (Lipinski definition) is 3. The zero-order valence-corrected chi connectivity index (χ0v) is 13.2. The summed E-state index contributed by atoms with van der Waals surface area (Å²) in [6.45, 7) is 0. The van der Waals surface area contributed by atoms with Gasteiger partial charge in [0.05, 0.1) is 22.7 Å². The minimum absolute atomic E-state index is 0.0415. The van der Waals surface area contributed by atoms with Gasteiger partial charge in [-0.2, -0.15) is 5.26 Å². The van der Waals surface area contributed by atoms with Crippen molar-refractivity contribution in [3.63, 3.8) is 0 Å². The number of halogens is 2. The van der Waals surface area contributed by atoms with Gasteiger partial charge in [-0.05, 0) is 35.9 Å². The summed E-state index contributed by atoms with van der Waals surface area (Å²) in [4.78, 5) is 12.5. The molecule has 2 rings (SSSR count). The maximum absolute atomic E-state index is 12.5. The first-order valence-corrected chi connectivity index (χ1v) is 7.07. The van der Waals surface area contributed by atoms with E-state index in [0.29, 0.717) is 11.3 Å². The van der Waals surface area contributed by atoms with Crippen molar-refractivity contribution >= 4 is 35.1 Å². The van der Waals surface area contributed by atoms with Crippen LogP contribution >= 0.6 is 23.2 Å². The molecular weight excluding hydrogens is 321 g/mol. The third-order valence-electron chi connectivity index (χ3n) is 2.98. The Morgan fingerprint density at radius 3 is 2.23 bits per heavy atom. The van der Waals surface area contributed by atoms with Crippen molar-refractivity contribution in [3.8, 4) is 11.8 Å². The quantitative estimate of drug-likeness (QED) is 0.459. The van der Waals surface area contributed by atoms with Crippen LogP contribution in [0.4, 0.5) is 0 Å². The number of ketones is 1. The summed E-state index contributed by atoms with van der Waals surface area (Å²) in [5.41, 5.74) is 0.793. The van der Waals surface area contributed by atoms with Crippen LogP contribution in [0.3, 0.4) is 0 Å². The lowest BCUT2D eigenvalue weighted by atomic mass is 10.0. The van der Waals surface area contributed by atoms with E-state index in [1.807, 2.05) is 6.07 Å². The fourth-order valence-corrected chi connectivity index (χ4v) is 2.43. The molecule has 0 unspecified atom stereocenters. The molecule has 22 heavy (non-hydrogen) atoms. The highest BCUT2D eigenvalue weighted by atomic mass is 35.5. The van der Waals surface area contributed by atoms with Crippen LogP contribution in [0, 0.1) is 11.3 Å². The first-order chi connectivity index (χ1) is 10.6. The summed E-state index contributed by atoms with van der Waals surface area (Å²) in [5.74, 6) is 0.185. The van der Waals surface area contributed by atoms with E-state index < -0.39 is 5.78 Å². The topological polar surface area (TPSA) is 50.1 Å². The van der Waals surface area contributed by atoms with Crippen molar-refractivity contribution in [1.82, 2.24) is 0 Å². The molecule has 2 aromatic carbocycles. The third-order valence-corrected chi connectivity index (χ3v) is 3.61. The molecule has 0 heterocycles. The number of nitrogens with zero attached hydrogens (tertiary/aromatic N) is 1. The van der Waals surface area contributed by atoms with Crippen LogP contribution < -0.4 is 4.74 Å². The standard InChI is InChI=1S/C17H11Cl2NO2/c1-22-13-7-5-11(6-8-13)9-12(10-20)17(21)16-14(18)3-2-4-15(16)19/h2-9H,1H3. The van der Waals surface area contributed by atoms with E-state index in [2.05, 4.69) is 0 Å². The SMILES string of the molecule is COc1ccc(C=C(C#N)C(=O)c2c(Cl)cccc2Cl)cc1. The Morgan fingerprint density at radius 1 is 1.14 bits per heavy atom. The van der Waals surface area contributed by atoms with Crippen LogP contribution in [-0.4, -0.2) is 12.9 Å². The molecule has 0 fully saturated rings. The van der Waals surface area contributed by atoms with Gasteiger partial charge in [0.15, 0.2) is 0 Å². The van der Waals surface area contributed by atoms with Crippen LogP contribution in [0.25, 0.3) is 6.08 Å². The fraction of sp³-hybridized carbons (Fsp3) is 0.0588. The summed E-state index contributed by atoms with van der Waals surface area (Å²) in [7, 11) is 1.56. The van der Waals surface area contributed by atoms with Gasteiger partial charge in [-0.1, -0.05) is 41.4 Å². The highest BCUT2D eigenvalue weighted by Crippen LogP contribution is 2.27. The van der Waals surface area contributed by atoms with Gasteiger partial charge in [0, 0.05) is 0 Å². The molecule has 0 saturated heterocycles. The van der Waals surface area contributed by atoms with Crippen molar-refractivity contribution in [2.45, 2.75) is 0 Å². The van der Waals surface area contributed by atoms with Crippen LogP contribution in [0.15, 0.2) is 48.0 Å². The molecule has 5 heteroatoms. The lowest BCUT2D eigenvalue weighted by Crippen LogP contribution is -2.04. The number of nitriles is 1. The molecule has 0 bridgehead atoms. The minimum Gasteiger partial charge on any atom is -0.497 e. The van der Waals surface area contributed by atoms with Crippen molar-refractivity contribution in [2.75, 3.05) is 7.11 Å². The van der Waals surface area contributed by atoms with E-state index in [0.717, 1.165) is 0 Å². The van der Waals surface area contributed by atoms with Crippen LogP contribution in [-0.2, 0) is 0 Å². The van der Waals surface area contributed by atoms with Gasteiger partial charge in [0.25, 0.3) is 0 Å². The molecule has 3 nitrogen and oxygen atoms in total. The van der Waals surface area contributed by atoms with Crippen LogP contribution in [0.2, 0.25) is 10.0 Å². The second-order valence-electron chi connectivity index (χ2n) is 4.37. The van der Waals surface area contributed by atoms with E-state index in [4.69, 9.17) is 27.9 Å². The number of carbonyl (C=O) groups is 1. The Bertz CT molecular complexity index is 754. The average molecular weight is 332 g/mol. The van der Waals surface area contributed by atoms with Gasteiger partial charge in [0.1, 0.15) is 17.4 Å². The fourth-order valence-electron chi connectivity index (χ4n) is 1.86. The number of rotatable bonds is 4. The van der Waals surface area contributed by atoms with E-state index in [9.17, 15) is 10.1 Å². The second kappa shape index (κ2) is 7.13. The number of Topliss-reactive ketones (excluding diaryl/α,β-unsaturated/α-hetero) is 1. The molecule has 0 saturated carbocycles. The first-order valence-electron chi connectivity index (χ1n) is 6.31. The molecule has 0 amide bonds. The van der Waals surface area contributed by atoms with Gasteiger partial charge in [-0.3, -0.25) is 4.79 Å². The van der Waals surface area contributed by atoms with Crippen molar-refractivity contribution in [1.29, 1.82) is 5.26 Å². The molecular formula is C17H11Cl2NO2. The number of methoxy groups -OCH3 is 1. The van der Waals surface area contributed by atoms with E-state index in [1.54, 1.807) is 49.6 Å². The summed E-state index contributed by atoms with van der Waals surface area (Å²) in [6, 6.07) is 13.6. The Morgan fingerprint density at radius 2 is 1.73 bits per heavy atom. The van der Waals surface area contributed by atoms with E-state index in [-0.39, 0.29) is 21.2 Å². The number of hydrogen-bond donors (Lipinski definition) is 0. The molecule has 0 aliphatic carbocycles. The number of benzene rings is 2. The smallest absolute Gasteiger partial charge is 0.206 e. The van der Waals surface area contributed by atoms with Gasteiger partial charge in [-0.15, -0.1) is 0 Å². The molecule has 0 aromatic heterocycles. The lowest BCUT2D eigenvalue weighted by molar-refractivity contribution is 0.104. The van der Waals surface area contributed by atoms with Gasteiger partial charge >= 0.3 is 0 Å². The maximum Gasteiger partial charge on any atom is 0.206 e. The summed E-state index contributed by atoms with van der Waals surface area (Å²) >= 11 is 12.0. The molecule has 0 aliphatic rings. The lowest BCUT2D eigenvalue weighted by Gasteiger charge is -2.05. The van der Waals surface area contributed by atoms with Crippen LogP contribution in [0.5, 0.6) is 5.75 Å². The Labute approximate surface area is 138 Å². The number of allylic oxidation sites excluding steroid dienone is 1. The monoisotopic (exact) mass is 331 g/mol. The van der Waals surface area contributed by atoms with Gasteiger partial charge < -0.3 is 4.74 Å². The zero-order chi connectivity index (χ0) is 16.1. The highest BCUT2D eigenvalue weighted by Gasteiger charge is 2.18. The molecule has 0 atom stereocenters. The van der Waals surface area contributed by atoms with Gasteiger partial charge in [0.2, 0.25) is 5.78 Å². The summed E-state index contributed by atoms with van der Waals surface area (Å²) in [6.07, 6.45) is 1.49. The maximum atomic E-state index is 12.5. The Hall–Kier alpha value is -2.28. The summed E-state index contributed by atoms with van der Waals surface area (Å²) in [5, 5.41) is 9.68. The van der Waals surface area contributed by atoms with Crippen molar-refractivity contribution < 1.29 is 9.53 Å². The highest BCUT2D eigenvalue weighted by molar-refractivity contribution is 6.41. The minimum atomic E-state index is -0.506. The average Bonchev–Trinajstić information content (AvgIpc) is 2.52. The van der Waals surface area contributed by atoms with E-state index in [1.165, 1.54) is 6.08 Å². The molecule has 0 spiro atoms. The Kier molecular flexibility index (Phi) is 5.21. The van der Waals surface area contributed by atoms with Crippen molar-refractivity contribution in [2.24, 2.45) is 0 Å². The zero-order valence-electron chi connectivity index (χ0n) is 11.6. The summed E-state index contributed by atoms with van der Waals surface area (Å²) < 4.78 is 5.06.